The van der Waals surface area contributed by atoms with E-state index >= 15 is 0 Å². The third-order valence-electron chi connectivity index (χ3n) is 3.53. The van der Waals surface area contributed by atoms with Crippen LogP contribution in [0.25, 0.3) is 0 Å². The SMILES string of the molecule is Cc1[nH]c(=S)[nH]c(=O)c1CCC(=O)N(C)Cc1ccccc1. The average molecular weight is 317 g/mol. The molecule has 1 amide bonds. The molecule has 0 radical (unpaired) electrons. The van der Waals surface area contributed by atoms with E-state index in [2.05, 4.69) is 9.97 Å². The standard InChI is InChI=1S/C16H19N3O2S/c1-11-13(15(21)18-16(22)17-11)8-9-14(20)19(2)10-12-6-4-3-5-7-12/h3-7H,8-10H2,1-2H3,(H2,17,18,21,22). The van der Waals surface area contributed by atoms with Gasteiger partial charge in [-0.05, 0) is 31.1 Å². The number of hydrogen-bond donors (Lipinski definition) is 2. The first-order chi connectivity index (χ1) is 10.5. The van der Waals surface area contributed by atoms with E-state index in [1.54, 1.807) is 18.9 Å². The molecule has 2 aromatic rings. The Hall–Kier alpha value is -2.21. The molecule has 116 valence electrons. The van der Waals surface area contributed by atoms with Gasteiger partial charge >= 0.3 is 0 Å². The molecule has 0 saturated carbocycles. The molecule has 0 aliphatic heterocycles. The summed E-state index contributed by atoms with van der Waals surface area (Å²) in [6.45, 7) is 2.35. The molecular weight excluding hydrogens is 298 g/mol. The van der Waals surface area contributed by atoms with Gasteiger partial charge in [-0.1, -0.05) is 30.3 Å². The van der Waals surface area contributed by atoms with Crippen LogP contribution in [0.5, 0.6) is 0 Å². The number of carbonyl (C=O) groups excluding carboxylic acids is 1. The molecule has 22 heavy (non-hydrogen) atoms. The van der Waals surface area contributed by atoms with Crippen LogP contribution in [0, 0.1) is 11.7 Å². The number of nitrogens with zero attached hydrogens (tertiary/aromatic N) is 1. The summed E-state index contributed by atoms with van der Waals surface area (Å²) >= 11 is 4.91. The zero-order valence-electron chi connectivity index (χ0n) is 12.7. The van der Waals surface area contributed by atoms with E-state index in [1.807, 2.05) is 30.3 Å². The van der Waals surface area contributed by atoms with Crippen molar-refractivity contribution in [1.29, 1.82) is 0 Å². The van der Waals surface area contributed by atoms with Crippen molar-refractivity contribution in [2.45, 2.75) is 26.3 Å². The van der Waals surface area contributed by atoms with Gasteiger partial charge in [-0.3, -0.25) is 14.6 Å². The number of rotatable bonds is 5. The van der Waals surface area contributed by atoms with Crippen molar-refractivity contribution < 1.29 is 4.79 Å². The first kappa shape index (κ1) is 16.2. The van der Waals surface area contributed by atoms with Gasteiger partial charge in [0.15, 0.2) is 4.77 Å². The Morgan fingerprint density at radius 3 is 2.55 bits per heavy atom. The molecule has 2 rings (SSSR count). The van der Waals surface area contributed by atoms with E-state index in [4.69, 9.17) is 12.2 Å². The van der Waals surface area contributed by atoms with E-state index in [9.17, 15) is 9.59 Å². The maximum absolute atomic E-state index is 12.2. The maximum Gasteiger partial charge on any atom is 0.255 e. The molecule has 0 fully saturated rings. The first-order valence-corrected chi connectivity index (χ1v) is 7.48. The van der Waals surface area contributed by atoms with Gasteiger partial charge < -0.3 is 9.88 Å². The minimum Gasteiger partial charge on any atom is -0.341 e. The van der Waals surface area contributed by atoms with Crippen molar-refractivity contribution >= 4 is 18.1 Å². The molecule has 0 aliphatic carbocycles. The average Bonchev–Trinajstić information content (AvgIpc) is 2.46. The summed E-state index contributed by atoms with van der Waals surface area (Å²) in [5.41, 5.74) is 2.15. The summed E-state index contributed by atoms with van der Waals surface area (Å²) in [6.07, 6.45) is 0.684. The van der Waals surface area contributed by atoms with Gasteiger partial charge in [-0.25, -0.2) is 0 Å². The lowest BCUT2D eigenvalue weighted by Gasteiger charge is -2.17. The maximum atomic E-state index is 12.2. The highest BCUT2D eigenvalue weighted by molar-refractivity contribution is 7.71. The number of nitrogens with one attached hydrogen (secondary N) is 2. The fourth-order valence-corrected chi connectivity index (χ4v) is 2.54. The Bertz CT molecular complexity index is 765. The molecule has 6 heteroatoms. The molecule has 0 unspecified atom stereocenters. The van der Waals surface area contributed by atoms with E-state index in [0.717, 1.165) is 5.56 Å². The van der Waals surface area contributed by atoms with Crippen molar-refractivity contribution in [1.82, 2.24) is 14.9 Å². The van der Waals surface area contributed by atoms with Crippen LogP contribution in [-0.4, -0.2) is 27.8 Å². The lowest BCUT2D eigenvalue weighted by atomic mass is 10.1. The minimum atomic E-state index is -0.222. The summed E-state index contributed by atoms with van der Waals surface area (Å²) in [7, 11) is 1.77. The van der Waals surface area contributed by atoms with Crippen molar-refractivity contribution in [2.75, 3.05) is 7.05 Å². The van der Waals surface area contributed by atoms with E-state index < -0.39 is 0 Å². The summed E-state index contributed by atoms with van der Waals surface area (Å²) in [5, 5.41) is 0. The van der Waals surface area contributed by atoms with E-state index in [0.29, 0.717) is 29.0 Å². The van der Waals surface area contributed by atoms with E-state index in [1.165, 1.54) is 0 Å². The lowest BCUT2D eigenvalue weighted by Crippen LogP contribution is -2.27. The second-order valence-electron chi connectivity index (χ2n) is 5.25. The molecule has 0 spiro atoms. The zero-order valence-corrected chi connectivity index (χ0v) is 13.5. The highest BCUT2D eigenvalue weighted by atomic mass is 32.1. The molecule has 0 bridgehead atoms. The van der Waals surface area contributed by atoms with Gasteiger partial charge in [0.2, 0.25) is 5.91 Å². The molecule has 1 aromatic carbocycles. The van der Waals surface area contributed by atoms with Gasteiger partial charge in [0, 0.05) is 31.3 Å². The number of hydrogen-bond acceptors (Lipinski definition) is 3. The minimum absolute atomic E-state index is 0.00473. The van der Waals surface area contributed by atoms with Crippen LogP contribution in [0.3, 0.4) is 0 Å². The van der Waals surface area contributed by atoms with Crippen molar-refractivity contribution in [3.63, 3.8) is 0 Å². The van der Waals surface area contributed by atoms with Crippen LogP contribution < -0.4 is 5.56 Å². The number of aromatic nitrogens is 2. The molecule has 0 aliphatic rings. The molecule has 1 aromatic heterocycles. The normalized spacial score (nSPS) is 10.5. The highest BCUT2D eigenvalue weighted by Gasteiger charge is 2.12. The van der Waals surface area contributed by atoms with Gasteiger partial charge in [-0.15, -0.1) is 0 Å². The van der Waals surface area contributed by atoms with Crippen LogP contribution >= 0.6 is 12.2 Å². The number of amides is 1. The second kappa shape index (κ2) is 7.17. The van der Waals surface area contributed by atoms with Crippen LogP contribution in [-0.2, 0) is 17.8 Å². The Balaban J connectivity index is 1.98. The number of carbonyl (C=O) groups is 1. The Morgan fingerprint density at radius 2 is 1.91 bits per heavy atom. The summed E-state index contributed by atoms with van der Waals surface area (Å²) in [5.74, 6) is 0.00473. The van der Waals surface area contributed by atoms with Crippen LogP contribution in [0.2, 0.25) is 0 Å². The molecule has 1 heterocycles. The molecule has 2 N–H and O–H groups in total. The van der Waals surface area contributed by atoms with Crippen molar-refractivity contribution in [2.24, 2.45) is 0 Å². The quantitative estimate of drug-likeness (QED) is 0.832. The summed E-state index contributed by atoms with van der Waals surface area (Å²) < 4.78 is 0.304. The van der Waals surface area contributed by atoms with Crippen LogP contribution in [0.15, 0.2) is 35.1 Å². The fourth-order valence-electron chi connectivity index (χ4n) is 2.30. The Labute approximate surface area is 134 Å². The summed E-state index contributed by atoms with van der Waals surface area (Å²) in [6, 6.07) is 9.80. The number of aryl methyl sites for hydroxylation is 1. The Kier molecular flexibility index (Phi) is 5.27. The van der Waals surface area contributed by atoms with E-state index in [-0.39, 0.29) is 17.9 Å². The number of aromatic amines is 2. The largest absolute Gasteiger partial charge is 0.341 e. The van der Waals surface area contributed by atoms with Gasteiger partial charge in [-0.2, -0.15) is 0 Å². The third-order valence-corrected chi connectivity index (χ3v) is 3.74. The summed E-state index contributed by atoms with van der Waals surface area (Å²) in [4.78, 5) is 31.2. The smallest absolute Gasteiger partial charge is 0.255 e. The third kappa shape index (κ3) is 4.14. The van der Waals surface area contributed by atoms with Gasteiger partial charge in [0.05, 0.1) is 0 Å². The molecule has 0 saturated heterocycles. The van der Waals surface area contributed by atoms with Gasteiger partial charge in [0.1, 0.15) is 0 Å². The van der Waals surface area contributed by atoms with Crippen molar-refractivity contribution in [3.05, 3.63) is 62.3 Å². The second-order valence-corrected chi connectivity index (χ2v) is 5.66. The molecule has 0 atom stereocenters. The van der Waals surface area contributed by atoms with Crippen LogP contribution in [0.4, 0.5) is 0 Å². The lowest BCUT2D eigenvalue weighted by molar-refractivity contribution is -0.130. The Morgan fingerprint density at radius 1 is 1.23 bits per heavy atom. The number of H-pyrrole nitrogens is 2. The molecule has 5 nitrogen and oxygen atoms in total. The topological polar surface area (TPSA) is 69.0 Å². The number of benzene rings is 1. The van der Waals surface area contributed by atoms with Gasteiger partial charge in [0.25, 0.3) is 5.56 Å². The monoisotopic (exact) mass is 317 g/mol. The zero-order chi connectivity index (χ0) is 16.1. The molecular formula is C16H19N3O2S. The first-order valence-electron chi connectivity index (χ1n) is 7.07. The fraction of sp³-hybridized carbons (Fsp3) is 0.312. The van der Waals surface area contributed by atoms with Crippen molar-refractivity contribution in [3.8, 4) is 0 Å². The van der Waals surface area contributed by atoms with Crippen LogP contribution in [0.1, 0.15) is 23.2 Å². The predicted molar refractivity (Wildman–Crippen MR) is 88.2 cm³/mol. The highest BCUT2D eigenvalue weighted by Crippen LogP contribution is 2.07. The predicted octanol–water partition coefficient (Wildman–Crippen LogP) is 2.33.